The fraction of sp³-hybridized carbons (Fsp3) is 0.778. The largest absolute Gasteiger partial charge is 0.371 e. The molecule has 1 fully saturated rings. The summed E-state index contributed by atoms with van der Waals surface area (Å²) in [5.41, 5.74) is 0. The van der Waals surface area contributed by atoms with Gasteiger partial charge in [-0.1, -0.05) is 6.08 Å². The molecule has 0 saturated heterocycles. The second kappa shape index (κ2) is 4.55. The first-order chi connectivity index (χ1) is 5.75. The van der Waals surface area contributed by atoms with E-state index in [1.807, 2.05) is 0 Å². The zero-order chi connectivity index (χ0) is 8.97. The summed E-state index contributed by atoms with van der Waals surface area (Å²) in [4.78, 5) is 0. The summed E-state index contributed by atoms with van der Waals surface area (Å²) in [6.45, 7) is 3.75. The van der Waals surface area contributed by atoms with Crippen LogP contribution in [0, 0.1) is 0 Å². The second-order valence-corrected chi connectivity index (χ2v) is 3.05. The monoisotopic (exact) mass is 176 g/mol. The van der Waals surface area contributed by atoms with Gasteiger partial charge in [0.05, 0.1) is 12.7 Å². The number of hydrogen-bond donors (Lipinski definition) is 0. The van der Waals surface area contributed by atoms with E-state index in [4.69, 9.17) is 4.74 Å². The molecule has 0 heterocycles. The summed E-state index contributed by atoms with van der Waals surface area (Å²) >= 11 is 0. The molecule has 1 rings (SSSR count). The highest BCUT2D eigenvalue weighted by molar-refractivity contribution is 4.83. The van der Waals surface area contributed by atoms with Crippen LogP contribution in [-0.4, -0.2) is 25.1 Å². The van der Waals surface area contributed by atoms with Crippen LogP contribution >= 0.6 is 0 Å². The Kier molecular flexibility index (Phi) is 3.66. The Morgan fingerprint density at radius 2 is 2.17 bits per heavy atom. The molecular formula is C9H14F2O. The van der Waals surface area contributed by atoms with Crippen molar-refractivity contribution < 1.29 is 13.5 Å². The van der Waals surface area contributed by atoms with E-state index in [-0.39, 0.29) is 0 Å². The molecule has 12 heavy (non-hydrogen) atoms. The molecule has 0 spiro atoms. The average molecular weight is 176 g/mol. The van der Waals surface area contributed by atoms with Crippen LogP contribution in [0.15, 0.2) is 12.7 Å². The maximum atomic E-state index is 13.0. The normalized spacial score (nSPS) is 36.3. The van der Waals surface area contributed by atoms with Crippen molar-refractivity contribution in [3.8, 4) is 0 Å². The third-order valence-corrected chi connectivity index (χ3v) is 2.10. The molecule has 0 amide bonds. The van der Waals surface area contributed by atoms with Gasteiger partial charge in [0, 0.05) is 0 Å². The van der Waals surface area contributed by atoms with Gasteiger partial charge in [-0.05, 0) is 19.3 Å². The molecule has 0 aliphatic heterocycles. The Labute approximate surface area is 71.4 Å². The third-order valence-electron chi connectivity index (χ3n) is 2.10. The van der Waals surface area contributed by atoms with E-state index >= 15 is 0 Å². The molecule has 1 nitrogen and oxygen atoms in total. The van der Waals surface area contributed by atoms with Crippen LogP contribution in [0.3, 0.4) is 0 Å². The molecule has 0 N–H and O–H groups in total. The van der Waals surface area contributed by atoms with Gasteiger partial charge in [0.25, 0.3) is 0 Å². The Bertz CT molecular complexity index is 149. The Morgan fingerprint density at radius 3 is 2.83 bits per heavy atom. The van der Waals surface area contributed by atoms with E-state index in [9.17, 15) is 8.78 Å². The highest BCUT2D eigenvalue weighted by Gasteiger charge is 2.33. The molecule has 3 atom stereocenters. The Hall–Kier alpha value is -0.440. The van der Waals surface area contributed by atoms with Crippen LogP contribution in [0.2, 0.25) is 0 Å². The van der Waals surface area contributed by atoms with Gasteiger partial charge in [0.2, 0.25) is 0 Å². The lowest BCUT2D eigenvalue weighted by molar-refractivity contribution is -0.0455. The lowest BCUT2D eigenvalue weighted by Crippen LogP contribution is -2.37. The average Bonchev–Trinajstić information content (AvgIpc) is 2.08. The van der Waals surface area contributed by atoms with Crippen LogP contribution in [-0.2, 0) is 4.74 Å². The van der Waals surface area contributed by atoms with Crippen LogP contribution in [0.25, 0.3) is 0 Å². The smallest absolute Gasteiger partial charge is 0.157 e. The topological polar surface area (TPSA) is 9.23 Å². The molecular weight excluding hydrogens is 162 g/mol. The molecule has 0 aromatic heterocycles. The van der Waals surface area contributed by atoms with Gasteiger partial charge in [-0.2, -0.15) is 0 Å². The fourth-order valence-corrected chi connectivity index (χ4v) is 1.43. The maximum absolute atomic E-state index is 13.0. The summed E-state index contributed by atoms with van der Waals surface area (Å²) in [5, 5.41) is 0. The van der Waals surface area contributed by atoms with E-state index in [0.29, 0.717) is 25.9 Å². The van der Waals surface area contributed by atoms with E-state index in [1.165, 1.54) is 0 Å². The van der Waals surface area contributed by atoms with Crippen molar-refractivity contribution in [1.82, 2.24) is 0 Å². The molecule has 0 bridgehead atoms. The predicted octanol–water partition coefficient (Wildman–Crippen LogP) is 2.42. The van der Waals surface area contributed by atoms with E-state index in [2.05, 4.69) is 6.58 Å². The van der Waals surface area contributed by atoms with E-state index in [1.54, 1.807) is 6.08 Å². The van der Waals surface area contributed by atoms with Crippen molar-refractivity contribution in [3.05, 3.63) is 12.7 Å². The summed E-state index contributed by atoms with van der Waals surface area (Å²) in [5.74, 6) is 0. The third kappa shape index (κ3) is 2.27. The first-order valence-corrected chi connectivity index (χ1v) is 4.26. The maximum Gasteiger partial charge on any atom is 0.157 e. The highest BCUT2D eigenvalue weighted by Crippen LogP contribution is 2.26. The van der Waals surface area contributed by atoms with Crippen molar-refractivity contribution in [2.75, 3.05) is 6.61 Å². The fourth-order valence-electron chi connectivity index (χ4n) is 1.43. The molecule has 1 aliphatic rings. The van der Waals surface area contributed by atoms with Gasteiger partial charge in [0.15, 0.2) is 6.17 Å². The van der Waals surface area contributed by atoms with E-state index < -0.39 is 18.4 Å². The van der Waals surface area contributed by atoms with Crippen molar-refractivity contribution in [1.29, 1.82) is 0 Å². The quantitative estimate of drug-likeness (QED) is 0.600. The van der Waals surface area contributed by atoms with Crippen LogP contribution in [0.1, 0.15) is 19.3 Å². The van der Waals surface area contributed by atoms with Crippen molar-refractivity contribution in [2.24, 2.45) is 0 Å². The standard InChI is InChI=1S/C9H14F2O/c1-2-6-12-8-5-3-4-7(10)9(8)11/h2,7-9H,1,3-6H2. The lowest BCUT2D eigenvalue weighted by Gasteiger charge is -2.28. The van der Waals surface area contributed by atoms with Gasteiger partial charge in [0.1, 0.15) is 6.17 Å². The highest BCUT2D eigenvalue weighted by atomic mass is 19.2. The van der Waals surface area contributed by atoms with Gasteiger partial charge >= 0.3 is 0 Å². The molecule has 0 aromatic rings. The molecule has 1 aliphatic carbocycles. The molecule has 3 unspecified atom stereocenters. The van der Waals surface area contributed by atoms with Crippen molar-refractivity contribution >= 4 is 0 Å². The minimum absolute atomic E-state index is 0.303. The number of rotatable bonds is 3. The lowest BCUT2D eigenvalue weighted by atomic mass is 9.94. The number of ether oxygens (including phenoxy) is 1. The SMILES string of the molecule is C=CCOC1CCCC(F)C1F. The van der Waals surface area contributed by atoms with Gasteiger partial charge in [-0.3, -0.25) is 0 Å². The minimum Gasteiger partial charge on any atom is -0.371 e. The van der Waals surface area contributed by atoms with Gasteiger partial charge in [-0.15, -0.1) is 6.58 Å². The molecule has 70 valence electrons. The first-order valence-electron chi connectivity index (χ1n) is 4.26. The van der Waals surface area contributed by atoms with E-state index in [0.717, 1.165) is 0 Å². The predicted molar refractivity (Wildman–Crippen MR) is 43.6 cm³/mol. The van der Waals surface area contributed by atoms with Gasteiger partial charge in [-0.25, -0.2) is 8.78 Å². The van der Waals surface area contributed by atoms with Gasteiger partial charge < -0.3 is 4.74 Å². The summed E-state index contributed by atoms with van der Waals surface area (Å²) in [6, 6.07) is 0. The van der Waals surface area contributed by atoms with Crippen LogP contribution in [0.5, 0.6) is 0 Å². The molecule has 0 radical (unpaired) electrons. The number of alkyl halides is 2. The number of hydrogen-bond acceptors (Lipinski definition) is 1. The first kappa shape index (κ1) is 9.65. The molecule has 0 aromatic carbocycles. The van der Waals surface area contributed by atoms with Crippen LogP contribution < -0.4 is 0 Å². The molecule has 3 heteroatoms. The second-order valence-electron chi connectivity index (χ2n) is 3.05. The zero-order valence-corrected chi connectivity index (χ0v) is 7.01. The number of halogens is 2. The van der Waals surface area contributed by atoms with Crippen molar-refractivity contribution in [3.63, 3.8) is 0 Å². The minimum atomic E-state index is -1.45. The zero-order valence-electron chi connectivity index (χ0n) is 7.01. The van der Waals surface area contributed by atoms with Crippen molar-refractivity contribution in [2.45, 2.75) is 37.7 Å². The Balaban J connectivity index is 2.35. The summed E-state index contributed by atoms with van der Waals surface area (Å²) in [7, 11) is 0. The summed E-state index contributed by atoms with van der Waals surface area (Å²) in [6.07, 6.45) is -0.137. The van der Waals surface area contributed by atoms with Crippen LogP contribution in [0.4, 0.5) is 8.78 Å². The summed E-state index contributed by atoms with van der Waals surface area (Å²) < 4.78 is 30.9. The molecule has 1 saturated carbocycles. The Morgan fingerprint density at radius 1 is 1.42 bits per heavy atom.